The summed E-state index contributed by atoms with van der Waals surface area (Å²) in [6.45, 7) is 2.24. The number of benzene rings is 1. The third kappa shape index (κ3) is 3.88. The maximum Gasteiger partial charge on any atom is 0.410 e. The predicted molar refractivity (Wildman–Crippen MR) is 116 cm³/mol. The van der Waals surface area contributed by atoms with Gasteiger partial charge in [0, 0.05) is 24.2 Å². The summed E-state index contributed by atoms with van der Waals surface area (Å²) in [6, 6.07) is 6.07. The van der Waals surface area contributed by atoms with Gasteiger partial charge in [-0.3, -0.25) is 20.2 Å². The molecule has 1 saturated heterocycles. The second-order valence-electron chi connectivity index (χ2n) is 8.77. The molecule has 1 aromatic carbocycles. The summed E-state index contributed by atoms with van der Waals surface area (Å²) in [5, 5.41) is 9.27. The molecule has 8 nitrogen and oxygen atoms in total. The average Bonchev–Trinajstić information content (AvgIpc) is 3.49. The highest BCUT2D eigenvalue weighted by Gasteiger charge is 2.37. The van der Waals surface area contributed by atoms with E-state index in [1.54, 1.807) is 12.1 Å². The maximum absolute atomic E-state index is 13.3. The molecule has 2 amide bonds. The smallest absolute Gasteiger partial charge is 0.410 e. The lowest BCUT2D eigenvalue weighted by molar-refractivity contribution is 0.0805. The fraction of sp³-hybridized carbons (Fsp3) is 0.435. The van der Waals surface area contributed by atoms with Gasteiger partial charge < -0.3 is 4.74 Å². The van der Waals surface area contributed by atoms with Crippen molar-refractivity contribution in [2.75, 3.05) is 26.7 Å². The highest BCUT2D eigenvalue weighted by atomic mass is 19.1. The van der Waals surface area contributed by atoms with E-state index in [2.05, 4.69) is 15.6 Å². The van der Waals surface area contributed by atoms with Crippen molar-refractivity contribution in [3.8, 4) is 0 Å². The molecule has 9 heteroatoms. The Hall–Kier alpha value is -3.20. The van der Waals surface area contributed by atoms with Crippen molar-refractivity contribution < 1.29 is 18.7 Å². The number of H-pyrrole nitrogens is 1. The molecule has 2 aromatic rings. The first-order valence-corrected chi connectivity index (χ1v) is 10.9. The fourth-order valence-corrected chi connectivity index (χ4v) is 5.16. The number of amides is 2. The zero-order valence-electron chi connectivity index (χ0n) is 17.9. The van der Waals surface area contributed by atoms with Crippen LogP contribution in [-0.2, 0) is 11.3 Å². The highest BCUT2D eigenvalue weighted by molar-refractivity contribution is 5.96. The van der Waals surface area contributed by atoms with Crippen molar-refractivity contribution >= 4 is 23.6 Å². The number of nitrogens with zero attached hydrogens (tertiary/aromatic N) is 3. The number of aromatic amines is 1. The van der Waals surface area contributed by atoms with Crippen LogP contribution in [-0.4, -0.2) is 58.9 Å². The van der Waals surface area contributed by atoms with Gasteiger partial charge in [-0.1, -0.05) is 18.6 Å². The summed E-state index contributed by atoms with van der Waals surface area (Å²) in [4.78, 5) is 26.9. The Kier molecular flexibility index (Phi) is 5.42. The van der Waals surface area contributed by atoms with E-state index in [1.165, 1.54) is 43.4 Å². The lowest BCUT2D eigenvalue weighted by Gasteiger charge is -2.27. The first kappa shape index (κ1) is 20.7. The van der Waals surface area contributed by atoms with Gasteiger partial charge in [0.15, 0.2) is 0 Å². The molecule has 5 rings (SSSR count). The van der Waals surface area contributed by atoms with Crippen LogP contribution in [0.2, 0.25) is 0 Å². The van der Waals surface area contributed by atoms with Crippen molar-refractivity contribution in [3.63, 3.8) is 0 Å². The number of ether oxygens (including phenoxy) is 1. The zero-order valence-corrected chi connectivity index (χ0v) is 17.9. The maximum atomic E-state index is 13.3. The van der Waals surface area contributed by atoms with Crippen LogP contribution < -0.4 is 5.43 Å². The van der Waals surface area contributed by atoms with E-state index in [0.717, 1.165) is 24.2 Å². The molecule has 0 bridgehead atoms. The molecular weight excluding hydrogens is 413 g/mol. The van der Waals surface area contributed by atoms with Crippen LogP contribution in [0.3, 0.4) is 0 Å². The number of hydrazine groups is 1. The molecule has 2 N–H and O–H groups in total. The molecule has 0 radical (unpaired) electrons. The first-order chi connectivity index (χ1) is 15.5. The average molecular weight is 439 g/mol. The van der Waals surface area contributed by atoms with Gasteiger partial charge in [-0.15, -0.1) is 0 Å². The van der Waals surface area contributed by atoms with E-state index < -0.39 is 6.09 Å². The number of rotatable bonds is 3. The molecule has 32 heavy (non-hydrogen) atoms. The van der Waals surface area contributed by atoms with Gasteiger partial charge in [0.05, 0.1) is 25.9 Å². The Morgan fingerprint density at radius 1 is 1.19 bits per heavy atom. The van der Waals surface area contributed by atoms with Crippen LogP contribution in [0, 0.1) is 17.7 Å². The van der Waals surface area contributed by atoms with Crippen LogP contribution >= 0.6 is 0 Å². The summed E-state index contributed by atoms with van der Waals surface area (Å²) in [6.07, 6.45) is 5.08. The Labute approximate surface area is 185 Å². The van der Waals surface area contributed by atoms with Crippen LogP contribution in [0.4, 0.5) is 9.18 Å². The Morgan fingerprint density at radius 3 is 2.59 bits per heavy atom. The Morgan fingerprint density at radius 2 is 1.91 bits per heavy atom. The normalized spacial score (nSPS) is 23.8. The monoisotopic (exact) mass is 439 g/mol. The van der Waals surface area contributed by atoms with Crippen LogP contribution in [0.5, 0.6) is 0 Å². The zero-order chi connectivity index (χ0) is 22.2. The van der Waals surface area contributed by atoms with Gasteiger partial charge in [-0.25, -0.2) is 14.2 Å². The Bertz CT molecular complexity index is 1050. The summed E-state index contributed by atoms with van der Waals surface area (Å²) >= 11 is 0. The van der Waals surface area contributed by atoms with Crippen LogP contribution in [0.1, 0.15) is 46.6 Å². The number of carbonyl (C=O) groups is 2. The van der Waals surface area contributed by atoms with Gasteiger partial charge >= 0.3 is 6.09 Å². The number of carbonyl (C=O) groups excluding carboxylic acids is 2. The third-order valence-electron chi connectivity index (χ3n) is 6.74. The molecule has 1 saturated carbocycles. The van der Waals surface area contributed by atoms with E-state index in [4.69, 9.17) is 4.74 Å². The molecule has 2 atom stereocenters. The van der Waals surface area contributed by atoms with Gasteiger partial charge in [0.2, 0.25) is 0 Å². The minimum absolute atomic E-state index is 0.216. The van der Waals surface area contributed by atoms with Gasteiger partial charge in [0.1, 0.15) is 11.5 Å². The molecular formula is C23H26FN5O3. The summed E-state index contributed by atoms with van der Waals surface area (Å²) in [5.41, 5.74) is 6.16. The second-order valence-corrected chi connectivity index (χ2v) is 8.77. The minimum Gasteiger partial charge on any atom is -0.453 e. The van der Waals surface area contributed by atoms with Crippen LogP contribution in [0.15, 0.2) is 24.3 Å². The molecule has 0 spiro atoms. The molecule has 168 valence electrons. The number of hydrogen-bond acceptors (Lipinski definition) is 5. The standard InChI is InChI=1S/C23H26FN5O3/c1-32-23(31)28-10-17(9-14-5-7-18(24)8-6-14)20-19(13-28)21(26-25-20)22(30)27-29-11-15-3-2-4-16(15)12-29/h5-9,15-16H,2-4,10-13H2,1H3,(H,25,26)(H,27,30). The molecule has 1 aromatic heterocycles. The minimum atomic E-state index is -0.486. The molecule has 2 fully saturated rings. The van der Waals surface area contributed by atoms with Crippen LogP contribution in [0.25, 0.3) is 11.6 Å². The summed E-state index contributed by atoms with van der Waals surface area (Å²) in [5.74, 6) is 0.737. The number of aromatic nitrogens is 2. The van der Waals surface area contributed by atoms with Crippen molar-refractivity contribution in [1.82, 2.24) is 25.5 Å². The van der Waals surface area contributed by atoms with Crippen molar-refractivity contribution in [2.45, 2.75) is 25.8 Å². The van der Waals surface area contributed by atoms with E-state index in [9.17, 15) is 14.0 Å². The molecule has 3 aliphatic rings. The topological polar surface area (TPSA) is 90.6 Å². The summed E-state index contributed by atoms with van der Waals surface area (Å²) < 4.78 is 18.2. The van der Waals surface area contributed by atoms with E-state index in [1.807, 2.05) is 11.1 Å². The number of hydrogen-bond donors (Lipinski definition) is 2. The highest BCUT2D eigenvalue weighted by Crippen LogP contribution is 2.37. The van der Waals surface area contributed by atoms with Crippen molar-refractivity contribution in [3.05, 3.63) is 52.6 Å². The SMILES string of the molecule is COC(=O)N1CC(=Cc2ccc(F)cc2)c2n[nH]c(C(=O)NN3CC4CCCC4C3)c2C1. The molecule has 1 aliphatic carbocycles. The van der Waals surface area contributed by atoms with Gasteiger partial charge in [0.25, 0.3) is 5.91 Å². The quantitative estimate of drug-likeness (QED) is 0.767. The third-order valence-corrected chi connectivity index (χ3v) is 6.74. The molecule has 2 unspecified atom stereocenters. The van der Waals surface area contributed by atoms with E-state index in [0.29, 0.717) is 28.8 Å². The fourth-order valence-electron chi connectivity index (χ4n) is 5.16. The van der Waals surface area contributed by atoms with Crippen molar-refractivity contribution in [2.24, 2.45) is 11.8 Å². The molecule has 2 aliphatic heterocycles. The molecule has 3 heterocycles. The number of fused-ring (bicyclic) bond motifs is 2. The predicted octanol–water partition coefficient (Wildman–Crippen LogP) is 3.05. The number of methoxy groups -OCH3 is 1. The second kappa shape index (κ2) is 8.38. The number of halogens is 1. The Balaban J connectivity index is 1.42. The lowest BCUT2D eigenvalue weighted by Crippen LogP contribution is -2.42. The van der Waals surface area contributed by atoms with Gasteiger partial charge in [-0.05, 0) is 48.4 Å². The number of nitrogens with one attached hydrogen (secondary N) is 2. The first-order valence-electron chi connectivity index (χ1n) is 10.9. The summed E-state index contributed by atoms with van der Waals surface area (Å²) in [7, 11) is 1.33. The van der Waals surface area contributed by atoms with E-state index >= 15 is 0 Å². The van der Waals surface area contributed by atoms with Crippen molar-refractivity contribution in [1.29, 1.82) is 0 Å². The van der Waals surface area contributed by atoms with E-state index in [-0.39, 0.29) is 24.8 Å². The van der Waals surface area contributed by atoms with Gasteiger partial charge in [-0.2, -0.15) is 5.10 Å². The lowest BCUT2D eigenvalue weighted by atomic mass is 9.98. The largest absolute Gasteiger partial charge is 0.453 e.